The monoisotopic (exact) mass is 352 g/mol. The fraction of sp³-hybridized carbons (Fsp3) is 0.238. The van der Waals surface area contributed by atoms with Gasteiger partial charge in [0.1, 0.15) is 11.3 Å². The normalized spacial score (nSPS) is 12.3. The van der Waals surface area contributed by atoms with Crippen LogP contribution in [-0.4, -0.2) is 17.2 Å². The zero-order valence-corrected chi connectivity index (χ0v) is 14.6. The molecule has 0 bridgehead atoms. The summed E-state index contributed by atoms with van der Waals surface area (Å²) in [5, 5.41) is 11.2. The Morgan fingerprint density at radius 1 is 1.08 bits per heavy atom. The maximum atomic E-state index is 12.6. The molecular weight excluding hydrogens is 332 g/mol. The van der Waals surface area contributed by atoms with Gasteiger partial charge < -0.3 is 14.3 Å². The first kappa shape index (κ1) is 17.7. The number of esters is 1. The highest BCUT2D eigenvalue weighted by atomic mass is 16.5. The van der Waals surface area contributed by atoms with Crippen LogP contribution in [0.15, 0.2) is 63.8 Å². The van der Waals surface area contributed by atoms with Crippen molar-refractivity contribution in [1.29, 1.82) is 0 Å². The van der Waals surface area contributed by atoms with Gasteiger partial charge in [-0.05, 0) is 31.5 Å². The molecule has 1 N–H and O–H groups in total. The summed E-state index contributed by atoms with van der Waals surface area (Å²) in [6.07, 6.45) is -0.334. The molecule has 0 spiro atoms. The Balaban J connectivity index is 2.14. The molecule has 0 aliphatic rings. The largest absolute Gasteiger partial charge is 0.507 e. The van der Waals surface area contributed by atoms with Crippen LogP contribution in [0.1, 0.15) is 37.3 Å². The molecule has 134 valence electrons. The number of hydrogen-bond acceptors (Lipinski definition) is 5. The number of ether oxygens (including phenoxy) is 1. The minimum atomic E-state index is -0.664. The SMILES string of the molecule is CC(C)OC(=O)CC(c1ccccc1)c1c(O)c2ccccc2oc1=O. The summed E-state index contributed by atoms with van der Waals surface area (Å²) in [5.41, 5.74) is 0.435. The van der Waals surface area contributed by atoms with Crippen LogP contribution in [0.2, 0.25) is 0 Å². The van der Waals surface area contributed by atoms with E-state index < -0.39 is 17.5 Å². The third-order valence-corrected chi connectivity index (χ3v) is 4.11. The van der Waals surface area contributed by atoms with E-state index in [0.717, 1.165) is 5.56 Å². The molecule has 1 aromatic heterocycles. The lowest BCUT2D eigenvalue weighted by Gasteiger charge is -2.18. The first-order chi connectivity index (χ1) is 12.5. The molecule has 26 heavy (non-hydrogen) atoms. The van der Waals surface area contributed by atoms with Gasteiger partial charge in [0.25, 0.3) is 0 Å². The molecule has 0 amide bonds. The van der Waals surface area contributed by atoms with E-state index in [2.05, 4.69) is 0 Å². The number of carbonyl (C=O) groups is 1. The molecule has 5 heteroatoms. The molecule has 2 aromatic carbocycles. The second-order valence-corrected chi connectivity index (χ2v) is 6.35. The maximum Gasteiger partial charge on any atom is 0.343 e. The van der Waals surface area contributed by atoms with Gasteiger partial charge in [-0.25, -0.2) is 4.79 Å². The van der Waals surface area contributed by atoms with Crippen molar-refractivity contribution in [3.8, 4) is 5.75 Å². The molecule has 3 rings (SSSR count). The van der Waals surface area contributed by atoms with Crippen molar-refractivity contribution >= 4 is 16.9 Å². The van der Waals surface area contributed by atoms with E-state index in [4.69, 9.17) is 9.15 Å². The Bertz CT molecular complexity index is 973. The molecule has 0 saturated heterocycles. The summed E-state index contributed by atoms with van der Waals surface area (Å²) >= 11 is 0. The molecule has 5 nitrogen and oxygen atoms in total. The topological polar surface area (TPSA) is 76.7 Å². The fourth-order valence-corrected chi connectivity index (χ4v) is 3.00. The van der Waals surface area contributed by atoms with Crippen molar-refractivity contribution in [3.63, 3.8) is 0 Å². The van der Waals surface area contributed by atoms with Crippen LogP contribution < -0.4 is 5.63 Å². The Morgan fingerprint density at radius 2 is 1.73 bits per heavy atom. The predicted molar refractivity (Wildman–Crippen MR) is 98.3 cm³/mol. The Kier molecular flexibility index (Phi) is 5.07. The molecule has 0 aliphatic heterocycles. The molecule has 3 aromatic rings. The zero-order valence-electron chi connectivity index (χ0n) is 14.6. The molecule has 1 unspecified atom stereocenters. The summed E-state index contributed by atoms with van der Waals surface area (Å²) in [5.74, 6) is -1.27. The number of aromatic hydroxyl groups is 1. The van der Waals surface area contributed by atoms with E-state index in [-0.39, 0.29) is 23.8 Å². The van der Waals surface area contributed by atoms with Gasteiger partial charge in [0.15, 0.2) is 0 Å². The molecule has 1 heterocycles. The van der Waals surface area contributed by atoms with Crippen LogP contribution in [0.25, 0.3) is 11.0 Å². The summed E-state index contributed by atoms with van der Waals surface area (Å²) in [7, 11) is 0. The summed E-state index contributed by atoms with van der Waals surface area (Å²) in [6, 6.07) is 15.8. The van der Waals surface area contributed by atoms with E-state index in [1.54, 1.807) is 50.2 Å². The third kappa shape index (κ3) is 3.61. The van der Waals surface area contributed by atoms with Gasteiger partial charge in [-0.15, -0.1) is 0 Å². The minimum absolute atomic E-state index is 0.0654. The van der Waals surface area contributed by atoms with E-state index in [1.807, 2.05) is 18.2 Å². The lowest BCUT2D eigenvalue weighted by atomic mass is 9.88. The van der Waals surface area contributed by atoms with Crippen LogP contribution in [0.3, 0.4) is 0 Å². The number of benzene rings is 2. The number of para-hydroxylation sites is 1. The third-order valence-electron chi connectivity index (χ3n) is 4.11. The van der Waals surface area contributed by atoms with Crippen molar-refractivity contribution < 1.29 is 19.1 Å². The first-order valence-corrected chi connectivity index (χ1v) is 8.46. The van der Waals surface area contributed by atoms with Crippen LogP contribution in [0.5, 0.6) is 5.75 Å². The fourth-order valence-electron chi connectivity index (χ4n) is 3.00. The summed E-state index contributed by atoms with van der Waals surface area (Å²) in [6.45, 7) is 3.52. The second-order valence-electron chi connectivity index (χ2n) is 6.35. The van der Waals surface area contributed by atoms with Crippen LogP contribution in [0, 0.1) is 0 Å². The molecule has 0 aliphatic carbocycles. The Hall–Kier alpha value is -3.08. The predicted octanol–water partition coefficient (Wildman–Crippen LogP) is 3.97. The van der Waals surface area contributed by atoms with Gasteiger partial charge in [-0.1, -0.05) is 42.5 Å². The number of carbonyl (C=O) groups excluding carboxylic acids is 1. The molecule has 1 atom stereocenters. The van der Waals surface area contributed by atoms with Gasteiger partial charge in [0, 0.05) is 5.92 Å². The summed E-state index contributed by atoms with van der Waals surface area (Å²) in [4.78, 5) is 24.9. The van der Waals surface area contributed by atoms with Crippen molar-refractivity contribution in [1.82, 2.24) is 0 Å². The van der Waals surface area contributed by atoms with Gasteiger partial charge in [-0.2, -0.15) is 0 Å². The van der Waals surface area contributed by atoms with Crippen molar-refractivity contribution in [2.45, 2.75) is 32.3 Å². The lowest BCUT2D eigenvalue weighted by molar-refractivity contribution is -0.147. The van der Waals surface area contributed by atoms with Gasteiger partial charge in [0.05, 0.1) is 23.5 Å². The van der Waals surface area contributed by atoms with E-state index >= 15 is 0 Å². The number of hydrogen-bond donors (Lipinski definition) is 1. The molecule has 0 fully saturated rings. The van der Waals surface area contributed by atoms with E-state index in [0.29, 0.717) is 11.0 Å². The minimum Gasteiger partial charge on any atom is -0.507 e. The van der Waals surface area contributed by atoms with Crippen molar-refractivity contribution in [2.75, 3.05) is 0 Å². The molecule has 0 radical (unpaired) electrons. The average molecular weight is 352 g/mol. The Labute approximate surface area is 150 Å². The molecule has 0 saturated carbocycles. The zero-order chi connectivity index (χ0) is 18.7. The standard InChI is InChI=1S/C21H20O5/c1-13(2)25-18(22)12-16(14-8-4-3-5-9-14)19-20(23)15-10-6-7-11-17(15)26-21(19)24/h3-11,13,16,23H,12H2,1-2H3. The van der Waals surface area contributed by atoms with Crippen LogP contribution >= 0.6 is 0 Å². The first-order valence-electron chi connectivity index (χ1n) is 8.46. The van der Waals surface area contributed by atoms with E-state index in [9.17, 15) is 14.7 Å². The lowest BCUT2D eigenvalue weighted by Crippen LogP contribution is -2.20. The maximum absolute atomic E-state index is 12.6. The van der Waals surface area contributed by atoms with Crippen molar-refractivity contribution in [2.24, 2.45) is 0 Å². The smallest absolute Gasteiger partial charge is 0.343 e. The highest BCUT2D eigenvalue weighted by molar-refractivity contribution is 5.84. The van der Waals surface area contributed by atoms with Gasteiger partial charge in [0.2, 0.25) is 0 Å². The van der Waals surface area contributed by atoms with Gasteiger partial charge >= 0.3 is 11.6 Å². The Morgan fingerprint density at radius 3 is 2.42 bits per heavy atom. The number of fused-ring (bicyclic) bond motifs is 1. The number of rotatable bonds is 5. The average Bonchev–Trinajstić information content (AvgIpc) is 2.61. The highest BCUT2D eigenvalue weighted by Gasteiger charge is 2.27. The van der Waals surface area contributed by atoms with Crippen molar-refractivity contribution in [3.05, 3.63) is 76.1 Å². The van der Waals surface area contributed by atoms with Crippen LogP contribution in [-0.2, 0) is 9.53 Å². The van der Waals surface area contributed by atoms with Gasteiger partial charge in [-0.3, -0.25) is 4.79 Å². The molecular formula is C21H20O5. The quantitative estimate of drug-likeness (QED) is 0.555. The van der Waals surface area contributed by atoms with Crippen LogP contribution in [0.4, 0.5) is 0 Å². The summed E-state index contributed by atoms with van der Waals surface area (Å²) < 4.78 is 10.6. The highest BCUT2D eigenvalue weighted by Crippen LogP contribution is 2.36. The second kappa shape index (κ2) is 7.44. The van der Waals surface area contributed by atoms with E-state index in [1.165, 1.54) is 0 Å².